The van der Waals surface area contributed by atoms with Gasteiger partial charge in [-0.05, 0) is 67.4 Å². The molecule has 0 atom stereocenters. The van der Waals surface area contributed by atoms with E-state index < -0.39 is 0 Å². The third-order valence-electron chi connectivity index (χ3n) is 5.21. The van der Waals surface area contributed by atoms with Crippen LogP contribution < -0.4 is 15.4 Å². The molecule has 0 saturated carbocycles. The lowest BCUT2D eigenvalue weighted by molar-refractivity contribution is -0.111. The monoisotopic (exact) mass is 483 g/mol. The van der Waals surface area contributed by atoms with E-state index in [4.69, 9.17) is 4.74 Å². The molecular weight excluding hydrogens is 458 g/mol. The van der Waals surface area contributed by atoms with Gasteiger partial charge in [0.1, 0.15) is 12.4 Å². The highest BCUT2D eigenvalue weighted by atomic mass is 32.1. The predicted octanol–water partition coefficient (Wildman–Crippen LogP) is 6.24. The quantitative estimate of drug-likeness (QED) is 0.291. The summed E-state index contributed by atoms with van der Waals surface area (Å²) in [5.74, 6) is 0.226. The van der Waals surface area contributed by atoms with E-state index in [0.29, 0.717) is 29.3 Å². The molecule has 2 amide bonds. The number of thiazole rings is 1. The highest BCUT2D eigenvalue weighted by Crippen LogP contribution is 2.24. The van der Waals surface area contributed by atoms with Crippen LogP contribution in [-0.2, 0) is 11.4 Å². The SMILES string of the molecule is Cc1nc(COc2cccc(/C=C/C(=O)Nc3cccc(NC(=O)c4ccccc4)c3C)c2)cs1. The maximum Gasteiger partial charge on any atom is 0.255 e. The summed E-state index contributed by atoms with van der Waals surface area (Å²) in [5, 5.41) is 8.77. The molecule has 0 unspecified atom stereocenters. The number of nitrogens with one attached hydrogen (secondary N) is 2. The summed E-state index contributed by atoms with van der Waals surface area (Å²) in [7, 11) is 0. The molecule has 2 N–H and O–H groups in total. The highest BCUT2D eigenvalue weighted by Gasteiger charge is 2.10. The number of hydrogen-bond acceptors (Lipinski definition) is 5. The van der Waals surface area contributed by atoms with Crippen molar-refractivity contribution in [2.24, 2.45) is 0 Å². The van der Waals surface area contributed by atoms with Crippen LogP contribution in [0.4, 0.5) is 11.4 Å². The van der Waals surface area contributed by atoms with Crippen molar-refractivity contribution in [1.29, 1.82) is 0 Å². The Morgan fingerprint density at radius 2 is 1.69 bits per heavy atom. The Balaban J connectivity index is 1.37. The lowest BCUT2D eigenvalue weighted by Gasteiger charge is -2.13. The van der Waals surface area contributed by atoms with Crippen molar-refractivity contribution in [1.82, 2.24) is 4.98 Å². The second kappa shape index (κ2) is 11.3. The van der Waals surface area contributed by atoms with Gasteiger partial charge in [0.15, 0.2) is 0 Å². The van der Waals surface area contributed by atoms with E-state index in [-0.39, 0.29) is 11.8 Å². The molecule has 0 fully saturated rings. The number of anilines is 2. The number of carbonyl (C=O) groups excluding carboxylic acids is 2. The van der Waals surface area contributed by atoms with Crippen LogP contribution in [0.25, 0.3) is 6.08 Å². The first-order valence-electron chi connectivity index (χ1n) is 11.1. The molecule has 0 aliphatic heterocycles. The first-order valence-corrected chi connectivity index (χ1v) is 11.9. The highest BCUT2D eigenvalue weighted by molar-refractivity contribution is 7.09. The normalized spacial score (nSPS) is 10.8. The number of ether oxygens (including phenoxy) is 1. The fourth-order valence-electron chi connectivity index (χ4n) is 3.38. The molecule has 4 aromatic rings. The van der Waals surface area contributed by atoms with Gasteiger partial charge in [-0.15, -0.1) is 11.3 Å². The van der Waals surface area contributed by atoms with Crippen molar-refractivity contribution < 1.29 is 14.3 Å². The number of carbonyl (C=O) groups is 2. The summed E-state index contributed by atoms with van der Waals surface area (Å²) in [6.45, 7) is 4.21. The third kappa shape index (κ3) is 6.65. The number of nitrogens with zero attached hydrogens (tertiary/aromatic N) is 1. The molecule has 35 heavy (non-hydrogen) atoms. The van der Waals surface area contributed by atoms with Crippen molar-refractivity contribution in [3.63, 3.8) is 0 Å². The minimum absolute atomic E-state index is 0.205. The average molecular weight is 484 g/mol. The largest absolute Gasteiger partial charge is 0.487 e. The molecule has 6 nitrogen and oxygen atoms in total. The van der Waals surface area contributed by atoms with Crippen LogP contribution in [0.5, 0.6) is 5.75 Å². The maximum absolute atomic E-state index is 12.6. The van der Waals surface area contributed by atoms with Gasteiger partial charge in [-0.25, -0.2) is 4.98 Å². The molecular formula is C28H25N3O3S. The second-order valence-electron chi connectivity index (χ2n) is 7.84. The number of rotatable bonds is 8. The summed E-state index contributed by atoms with van der Waals surface area (Å²) < 4.78 is 5.82. The van der Waals surface area contributed by atoms with Crippen molar-refractivity contribution in [3.05, 3.63) is 112 Å². The maximum atomic E-state index is 12.6. The summed E-state index contributed by atoms with van der Waals surface area (Å²) in [6, 6.07) is 21.9. The Morgan fingerprint density at radius 3 is 2.43 bits per heavy atom. The van der Waals surface area contributed by atoms with E-state index in [9.17, 15) is 9.59 Å². The fraction of sp³-hybridized carbons (Fsp3) is 0.107. The minimum Gasteiger partial charge on any atom is -0.487 e. The van der Waals surface area contributed by atoms with Gasteiger partial charge in [-0.1, -0.05) is 36.4 Å². The number of aromatic nitrogens is 1. The fourth-order valence-corrected chi connectivity index (χ4v) is 3.97. The molecule has 0 aliphatic carbocycles. The van der Waals surface area contributed by atoms with E-state index in [2.05, 4.69) is 15.6 Å². The second-order valence-corrected chi connectivity index (χ2v) is 8.90. The van der Waals surface area contributed by atoms with Crippen LogP contribution in [0.15, 0.2) is 84.3 Å². The lowest BCUT2D eigenvalue weighted by Crippen LogP contribution is -2.14. The molecule has 0 saturated heterocycles. The van der Waals surface area contributed by atoms with Gasteiger partial charge in [0.05, 0.1) is 10.7 Å². The summed E-state index contributed by atoms with van der Waals surface area (Å²) in [5.41, 5.74) is 4.34. The van der Waals surface area contributed by atoms with Crippen molar-refractivity contribution in [3.8, 4) is 5.75 Å². The standard InChI is InChI=1S/C28H25N3O3S/c1-19-25(12-7-13-26(19)31-28(33)22-9-4-3-5-10-22)30-27(32)15-14-21-8-6-11-24(16-21)34-17-23-18-35-20(2)29-23/h3-16,18H,17H2,1-2H3,(H,30,32)(H,31,33)/b15-14+. The molecule has 0 aliphatic rings. The number of benzene rings is 3. The van der Waals surface area contributed by atoms with Crippen LogP contribution in [0, 0.1) is 13.8 Å². The van der Waals surface area contributed by atoms with Gasteiger partial charge in [0, 0.05) is 28.4 Å². The van der Waals surface area contributed by atoms with Crippen molar-refractivity contribution >= 4 is 40.6 Å². The Bertz CT molecular complexity index is 1360. The molecule has 1 aromatic heterocycles. The molecule has 4 rings (SSSR count). The number of hydrogen-bond donors (Lipinski definition) is 2. The van der Waals surface area contributed by atoms with E-state index in [1.54, 1.807) is 47.7 Å². The van der Waals surface area contributed by atoms with Crippen LogP contribution in [0.2, 0.25) is 0 Å². The van der Waals surface area contributed by atoms with E-state index in [1.165, 1.54) is 6.08 Å². The van der Waals surface area contributed by atoms with Gasteiger partial charge >= 0.3 is 0 Å². The zero-order chi connectivity index (χ0) is 24.6. The molecule has 1 heterocycles. The van der Waals surface area contributed by atoms with Gasteiger partial charge in [0.2, 0.25) is 5.91 Å². The molecule has 7 heteroatoms. The zero-order valence-electron chi connectivity index (χ0n) is 19.4. The van der Waals surface area contributed by atoms with E-state index >= 15 is 0 Å². The van der Waals surface area contributed by atoms with Gasteiger partial charge in [-0.3, -0.25) is 9.59 Å². The van der Waals surface area contributed by atoms with Gasteiger partial charge in [-0.2, -0.15) is 0 Å². The Labute approximate surface area is 208 Å². The molecule has 176 valence electrons. The van der Waals surface area contributed by atoms with Gasteiger partial charge in [0.25, 0.3) is 5.91 Å². The Hall–Kier alpha value is -4.23. The average Bonchev–Trinajstić information content (AvgIpc) is 3.30. The minimum atomic E-state index is -0.274. The Kier molecular flexibility index (Phi) is 7.70. The summed E-state index contributed by atoms with van der Waals surface area (Å²) >= 11 is 1.59. The lowest BCUT2D eigenvalue weighted by atomic mass is 10.1. The van der Waals surface area contributed by atoms with Crippen LogP contribution in [0.3, 0.4) is 0 Å². The Morgan fingerprint density at radius 1 is 0.943 bits per heavy atom. The van der Waals surface area contributed by atoms with Crippen molar-refractivity contribution in [2.45, 2.75) is 20.5 Å². The molecule has 0 spiro atoms. The first-order chi connectivity index (χ1) is 17.0. The third-order valence-corrected chi connectivity index (χ3v) is 6.04. The first kappa shape index (κ1) is 23.9. The van der Waals surface area contributed by atoms with Crippen LogP contribution >= 0.6 is 11.3 Å². The van der Waals surface area contributed by atoms with Crippen molar-refractivity contribution in [2.75, 3.05) is 10.6 Å². The van der Waals surface area contributed by atoms with Crippen LogP contribution in [-0.4, -0.2) is 16.8 Å². The molecule has 0 radical (unpaired) electrons. The predicted molar refractivity (Wildman–Crippen MR) is 141 cm³/mol. The van der Waals surface area contributed by atoms with E-state index in [1.807, 2.05) is 61.7 Å². The summed E-state index contributed by atoms with van der Waals surface area (Å²) in [4.78, 5) is 29.5. The number of amides is 2. The molecule has 0 bridgehead atoms. The van der Waals surface area contributed by atoms with E-state index in [0.717, 1.165) is 21.8 Å². The zero-order valence-corrected chi connectivity index (χ0v) is 20.3. The smallest absolute Gasteiger partial charge is 0.255 e. The van der Waals surface area contributed by atoms with Crippen LogP contribution in [0.1, 0.15) is 32.2 Å². The summed E-state index contributed by atoms with van der Waals surface area (Å²) in [6.07, 6.45) is 3.20. The number of aryl methyl sites for hydroxylation is 1. The topological polar surface area (TPSA) is 80.3 Å². The molecule has 3 aromatic carbocycles. The van der Waals surface area contributed by atoms with Gasteiger partial charge < -0.3 is 15.4 Å².